The smallest absolute Gasteiger partial charge is 0.143 e. The molecule has 2 heterocycles. The monoisotopic (exact) mass is 829 g/mol. The van der Waals surface area contributed by atoms with Crippen LogP contribution in [0.4, 0.5) is 17.1 Å². The number of hydrogen-bond acceptors (Lipinski definition) is 3. The third kappa shape index (κ3) is 6.12. The van der Waals surface area contributed by atoms with Crippen molar-refractivity contribution in [1.29, 1.82) is 0 Å². The summed E-state index contributed by atoms with van der Waals surface area (Å²) in [5.74, 6) is 0.886. The van der Waals surface area contributed by atoms with Crippen molar-refractivity contribution in [2.45, 2.75) is 0 Å². The molecule has 0 aliphatic heterocycles. The lowest BCUT2D eigenvalue weighted by Gasteiger charge is -2.26. The van der Waals surface area contributed by atoms with Crippen molar-refractivity contribution in [3.05, 3.63) is 237 Å². The quantitative estimate of drug-likeness (QED) is 0.150. The fourth-order valence-corrected chi connectivity index (χ4v) is 10.0. The van der Waals surface area contributed by atoms with E-state index in [9.17, 15) is 0 Å². The predicted octanol–water partition coefficient (Wildman–Crippen LogP) is 17.9. The second kappa shape index (κ2) is 15.0. The highest BCUT2D eigenvalue weighted by Gasteiger charge is 2.23. The van der Waals surface area contributed by atoms with Gasteiger partial charge in [0.15, 0.2) is 0 Å². The number of hydrogen-bond donors (Lipinski definition) is 0. The van der Waals surface area contributed by atoms with Crippen LogP contribution in [0.15, 0.2) is 245 Å². The Balaban J connectivity index is 0.935. The van der Waals surface area contributed by atoms with Gasteiger partial charge in [-0.15, -0.1) is 0 Å². The minimum absolute atomic E-state index is 0.860. The summed E-state index contributed by atoms with van der Waals surface area (Å²) in [6.07, 6.45) is 0. The van der Waals surface area contributed by atoms with Crippen LogP contribution in [0.2, 0.25) is 0 Å². The molecule has 13 aromatic rings. The Morgan fingerprint density at radius 3 is 1.63 bits per heavy atom. The van der Waals surface area contributed by atoms with Crippen LogP contribution in [0, 0.1) is 0 Å². The van der Waals surface area contributed by atoms with Gasteiger partial charge in [-0.3, -0.25) is 0 Å². The maximum absolute atomic E-state index is 7.02. The maximum atomic E-state index is 7.02. The molecule has 65 heavy (non-hydrogen) atoms. The molecule has 2 aromatic heterocycles. The standard InChI is InChI=1S/C62H39NO2/c1-3-15-43(16-4-1)59-60-54-23-10-9-21-51(54)56-38-45(30-36-55(56)62(60)65-61(59)44-17-5-2-6-18-44)40-26-31-46(32-27-40)63(48-35-37-53-52-22-11-12-25-57(52)64-58(53)39-48)47-33-28-42(29-34-47)50-24-13-19-41-14-7-8-20-49(41)50/h1-39H. The summed E-state index contributed by atoms with van der Waals surface area (Å²) in [4.78, 5) is 2.32. The summed E-state index contributed by atoms with van der Waals surface area (Å²) in [6.45, 7) is 0. The number of benzene rings is 11. The van der Waals surface area contributed by atoms with Gasteiger partial charge < -0.3 is 13.7 Å². The molecule has 3 heteroatoms. The van der Waals surface area contributed by atoms with Crippen LogP contribution in [0.25, 0.3) is 110 Å². The van der Waals surface area contributed by atoms with E-state index in [4.69, 9.17) is 8.83 Å². The van der Waals surface area contributed by atoms with Gasteiger partial charge in [0, 0.05) is 55.8 Å². The second-order valence-corrected chi connectivity index (χ2v) is 16.8. The second-order valence-electron chi connectivity index (χ2n) is 16.8. The van der Waals surface area contributed by atoms with E-state index < -0.39 is 0 Å². The molecule has 0 radical (unpaired) electrons. The van der Waals surface area contributed by atoms with Crippen molar-refractivity contribution in [2.75, 3.05) is 4.90 Å². The number of para-hydroxylation sites is 1. The van der Waals surface area contributed by atoms with Gasteiger partial charge in [-0.1, -0.05) is 176 Å². The number of nitrogens with zero attached hydrogens (tertiary/aromatic N) is 1. The zero-order valence-electron chi connectivity index (χ0n) is 35.3. The zero-order chi connectivity index (χ0) is 42.8. The number of anilines is 3. The average molecular weight is 830 g/mol. The highest BCUT2D eigenvalue weighted by molar-refractivity contribution is 6.29. The Morgan fingerprint density at radius 1 is 0.292 bits per heavy atom. The predicted molar refractivity (Wildman–Crippen MR) is 272 cm³/mol. The third-order valence-corrected chi connectivity index (χ3v) is 13.1. The summed E-state index contributed by atoms with van der Waals surface area (Å²) in [6, 6.07) is 84.4. The van der Waals surface area contributed by atoms with Crippen LogP contribution in [0.3, 0.4) is 0 Å². The molecule has 0 N–H and O–H groups in total. The van der Waals surface area contributed by atoms with E-state index >= 15 is 0 Å². The summed E-state index contributed by atoms with van der Waals surface area (Å²) >= 11 is 0. The van der Waals surface area contributed by atoms with Gasteiger partial charge in [-0.2, -0.15) is 0 Å². The molecule has 13 rings (SSSR count). The van der Waals surface area contributed by atoms with Crippen molar-refractivity contribution < 1.29 is 8.83 Å². The molecule has 0 fully saturated rings. The molecule has 0 bridgehead atoms. The van der Waals surface area contributed by atoms with Gasteiger partial charge >= 0.3 is 0 Å². The SMILES string of the molecule is c1ccc(-c2oc3c4ccc(-c5ccc(N(c6ccc(-c7cccc8ccccc78)cc6)c6ccc7c(c6)oc6ccccc67)cc5)cc4c4ccccc4c3c2-c2ccccc2)cc1. The first-order chi connectivity index (χ1) is 32.2. The van der Waals surface area contributed by atoms with Crippen molar-refractivity contribution in [2.24, 2.45) is 0 Å². The van der Waals surface area contributed by atoms with Gasteiger partial charge in [-0.05, 0) is 109 Å². The molecular weight excluding hydrogens is 791 g/mol. The van der Waals surface area contributed by atoms with Gasteiger partial charge in [-0.25, -0.2) is 0 Å². The van der Waals surface area contributed by atoms with Crippen molar-refractivity contribution in [3.8, 4) is 44.7 Å². The van der Waals surface area contributed by atoms with E-state index in [0.717, 1.165) is 94.3 Å². The highest BCUT2D eigenvalue weighted by atomic mass is 16.3. The molecule has 11 aromatic carbocycles. The summed E-state index contributed by atoms with van der Waals surface area (Å²) in [5.41, 5.74) is 13.8. The molecule has 0 amide bonds. The Kier molecular flexibility index (Phi) is 8.53. The first-order valence-electron chi connectivity index (χ1n) is 22.2. The minimum Gasteiger partial charge on any atom is -0.456 e. The Labute approximate surface area is 375 Å². The average Bonchev–Trinajstić information content (AvgIpc) is 3.97. The van der Waals surface area contributed by atoms with Crippen molar-refractivity contribution in [1.82, 2.24) is 0 Å². The molecule has 0 saturated heterocycles. The van der Waals surface area contributed by atoms with E-state index in [1.165, 1.54) is 32.7 Å². The van der Waals surface area contributed by atoms with E-state index in [2.05, 4.69) is 229 Å². The fraction of sp³-hybridized carbons (Fsp3) is 0. The molecule has 3 nitrogen and oxygen atoms in total. The van der Waals surface area contributed by atoms with Crippen LogP contribution < -0.4 is 4.90 Å². The number of rotatable bonds is 7. The van der Waals surface area contributed by atoms with Gasteiger partial charge in [0.1, 0.15) is 22.5 Å². The molecule has 0 atom stereocenters. The Morgan fingerprint density at radius 2 is 0.862 bits per heavy atom. The van der Waals surface area contributed by atoms with Gasteiger partial charge in [0.2, 0.25) is 0 Å². The number of furan rings is 2. The molecule has 0 unspecified atom stereocenters. The van der Waals surface area contributed by atoms with Crippen LogP contribution in [0.1, 0.15) is 0 Å². The lowest BCUT2D eigenvalue weighted by atomic mass is 9.91. The zero-order valence-corrected chi connectivity index (χ0v) is 35.3. The topological polar surface area (TPSA) is 29.5 Å². The number of fused-ring (bicyclic) bond motifs is 10. The summed E-state index contributed by atoms with van der Waals surface area (Å²) in [5, 5.41) is 10.5. The first-order valence-corrected chi connectivity index (χ1v) is 22.2. The molecular formula is C62H39NO2. The molecule has 304 valence electrons. The molecule has 0 saturated carbocycles. The van der Waals surface area contributed by atoms with E-state index in [1.54, 1.807) is 0 Å². The van der Waals surface area contributed by atoms with E-state index in [0.29, 0.717) is 0 Å². The summed E-state index contributed by atoms with van der Waals surface area (Å²) < 4.78 is 13.4. The largest absolute Gasteiger partial charge is 0.456 e. The Hall–Kier alpha value is -8.66. The van der Waals surface area contributed by atoms with Crippen LogP contribution >= 0.6 is 0 Å². The Bertz CT molecular complexity index is 3910. The molecule has 0 aliphatic rings. The molecule has 0 aliphatic carbocycles. The minimum atomic E-state index is 0.860. The summed E-state index contributed by atoms with van der Waals surface area (Å²) in [7, 11) is 0. The van der Waals surface area contributed by atoms with Crippen LogP contribution in [0.5, 0.6) is 0 Å². The molecule has 0 spiro atoms. The lowest BCUT2D eigenvalue weighted by Crippen LogP contribution is -2.09. The van der Waals surface area contributed by atoms with Crippen molar-refractivity contribution >= 4 is 82.3 Å². The van der Waals surface area contributed by atoms with Crippen LogP contribution in [-0.4, -0.2) is 0 Å². The first kappa shape index (κ1) is 36.9. The van der Waals surface area contributed by atoms with Crippen molar-refractivity contribution in [3.63, 3.8) is 0 Å². The van der Waals surface area contributed by atoms with E-state index in [-0.39, 0.29) is 0 Å². The van der Waals surface area contributed by atoms with Gasteiger partial charge in [0.05, 0.1) is 0 Å². The lowest BCUT2D eigenvalue weighted by molar-refractivity contribution is 0.636. The highest BCUT2D eigenvalue weighted by Crippen LogP contribution is 2.48. The maximum Gasteiger partial charge on any atom is 0.143 e. The van der Waals surface area contributed by atoms with E-state index in [1.807, 2.05) is 12.1 Å². The van der Waals surface area contributed by atoms with Gasteiger partial charge in [0.25, 0.3) is 0 Å². The normalized spacial score (nSPS) is 11.7. The fourth-order valence-electron chi connectivity index (χ4n) is 10.0. The third-order valence-electron chi connectivity index (χ3n) is 13.1. The van der Waals surface area contributed by atoms with Crippen LogP contribution in [-0.2, 0) is 0 Å².